The number of hydrogen-bond acceptors (Lipinski definition) is 5. The van der Waals surface area contributed by atoms with Gasteiger partial charge in [0.2, 0.25) is 5.91 Å². The Hall–Kier alpha value is -4.04. The molecule has 1 N–H and O–H groups in total. The Bertz CT molecular complexity index is 1300. The fourth-order valence-corrected chi connectivity index (χ4v) is 5.14. The number of carbonyl (C=O) groups is 3. The Labute approximate surface area is 222 Å². The Morgan fingerprint density at radius 3 is 2.08 bits per heavy atom. The predicted molar refractivity (Wildman–Crippen MR) is 142 cm³/mol. The number of nitrogens with one attached hydrogen (secondary N) is 1. The monoisotopic (exact) mass is 512 g/mol. The van der Waals surface area contributed by atoms with E-state index in [-0.39, 0.29) is 30.9 Å². The molecular formula is C30H32N4O4. The summed E-state index contributed by atoms with van der Waals surface area (Å²) in [6.45, 7) is 5.15. The van der Waals surface area contributed by atoms with Crippen molar-refractivity contribution in [1.82, 2.24) is 20.1 Å². The zero-order valence-electron chi connectivity index (χ0n) is 21.7. The topological polar surface area (TPSA) is 91.8 Å². The molecule has 0 radical (unpaired) electrons. The van der Waals surface area contributed by atoms with E-state index < -0.39 is 11.8 Å². The smallest absolute Gasteiger partial charge is 0.256 e. The minimum atomic E-state index is -0.959. The van der Waals surface area contributed by atoms with Gasteiger partial charge in [-0.2, -0.15) is 0 Å². The summed E-state index contributed by atoms with van der Waals surface area (Å²) < 4.78 is 6.29. The van der Waals surface area contributed by atoms with Crippen molar-refractivity contribution in [3.05, 3.63) is 101 Å². The summed E-state index contributed by atoms with van der Waals surface area (Å²) in [5.41, 5.74) is 3.05. The number of amides is 3. The number of ether oxygens (including phenoxy) is 1. The van der Waals surface area contributed by atoms with Gasteiger partial charge in [-0.1, -0.05) is 41.5 Å². The molecule has 0 saturated carbocycles. The molecule has 3 aromatic rings. The highest BCUT2D eigenvalue weighted by molar-refractivity contribution is 5.98. The van der Waals surface area contributed by atoms with Crippen LogP contribution in [0.3, 0.4) is 0 Å². The van der Waals surface area contributed by atoms with Gasteiger partial charge in [-0.25, -0.2) is 0 Å². The van der Waals surface area contributed by atoms with Crippen molar-refractivity contribution < 1.29 is 19.1 Å². The number of hydrogen-bond donors (Lipinski definition) is 1. The second-order valence-electron chi connectivity index (χ2n) is 10.0. The van der Waals surface area contributed by atoms with Crippen molar-refractivity contribution in [3.63, 3.8) is 0 Å². The lowest BCUT2D eigenvalue weighted by atomic mass is 9.96. The zero-order valence-corrected chi connectivity index (χ0v) is 21.7. The molecule has 38 heavy (non-hydrogen) atoms. The maximum absolute atomic E-state index is 13.9. The van der Waals surface area contributed by atoms with Crippen molar-refractivity contribution in [2.24, 2.45) is 0 Å². The van der Waals surface area contributed by atoms with Crippen molar-refractivity contribution in [3.8, 4) is 0 Å². The highest BCUT2D eigenvalue weighted by Crippen LogP contribution is 2.39. The third-order valence-electron chi connectivity index (χ3n) is 7.38. The lowest BCUT2D eigenvalue weighted by Gasteiger charge is -2.44. The molecule has 8 heteroatoms. The summed E-state index contributed by atoms with van der Waals surface area (Å²) in [6, 6.07) is 19.6. The highest BCUT2D eigenvalue weighted by atomic mass is 16.5. The third kappa shape index (κ3) is 5.17. The molecule has 8 nitrogen and oxygen atoms in total. The lowest BCUT2D eigenvalue weighted by molar-refractivity contribution is -0.128. The maximum atomic E-state index is 13.9. The van der Waals surface area contributed by atoms with E-state index in [0.717, 1.165) is 16.8 Å². The number of aryl methyl sites for hydroxylation is 2. The average molecular weight is 513 g/mol. The molecule has 1 aromatic heterocycles. The van der Waals surface area contributed by atoms with Gasteiger partial charge >= 0.3 is 0 Å². The van der Waals surface area contributed by atoms with Crippen LogP contribution in [0.4, 0.5) is 0 Å². The van der Waals surface area contributed by atoms with Crippen LogP contribution in [-0.2, 0) is 16.1 Å². The average Bonchev–Trinajstić information content (AvgIpc) is 3.31. The van der Waals surface area contributed by atoms with Crippen molar-refractivity contribution in [2.75, 3.05) is 19.7 Å². The van der Waals surface area contributed by atoms with Crippen LogP contribution < -0.4 is 5.32 Å². The number of piperidine rings is 1. The van der Waals surface area contributed by atoms with E-state index in [4.69, 9.17) is 4.74 Å². The van der Waals surface area contributed by atoms with Crippen LogP contribution in [0, 0.1) is 13.8 Å². The van der Waals surface area contributed by atoms with Gasteiger partial charge in [-0.05, 0) is 50.2 Å². The van der Waals surface area contributed by atoms with Crippen LogP contribution in [0.25, 0.3) is 0 Å². The Kier molecular flexibility index (Phi) is 7.24. The molecule has 196 valence electrons. The maximum Gasteiger partial charge on any atom is 0.256 e. The number of nitrogens with zero attached hydrogens (tertiary/aromatic N) is 3. The van der Waals surface area contributed by atoms with Crippen LogP contribution in [0.2, 0.25) is 0 Å². The largest absolute Gasteiger partial charge is 0.353 e. The van der Waals surface area contributed by atoms with Gasteiger partial charge in [-0.15, -0.1) is 0 Å². The van der Waals surface area contributed by atoms with Crippen molar-refractivity contribution in [1.29, 1.82) is 0 Å². The second kappa shape index (κ2) is 10.8. The molecule has 2 aromatic carbocycles. The van der Waals surface area contributed by atoms with Crippen LogP contribution in [0.5, 0.6) is 0 Å². The van der Waals surface area contributed by atoms with Gasteiger partial charge in [0.15, 0.2) is 0 Å². The standard InChI is InChI=1S/C30H32N4O4/c1-21-6-10-23(11-7-21)28(36)33-17-14-30(15-18-33)34(29(37)24-12-8-22(2)9-13-24)26(20-38-30)27(35)32-19-25-5-3-4-16-31-25/h3-13,16,26H,14-15,17-20H2,1-2H3,(H,32,35). The Morgan fingerprint density at radius 1 is 0.895 bits per heavy atom. The van der Waals surface area contributed by atoms with Crippen molar-refractivity contribution in [2.45, 2.75) is 45.0 Å². The van der Waals surface area contributed by atoms with E-state index in [0.29, 0.717) is 37.1 Å². The van der Waals surface area contributed by atoms with Gasteiger partial charge in [-0.3, -0.25) is 24.3 Å². The zero-order chi connectivity index (χ0) is 26.7. The molecule has 1 spiro atoms. The van der Waals surface area contributed by atoms with E-state index in [1.54, 1.807) is 28.1 Å². The third-order valence-corrected chi connectivity index (χ3v) is 7.38. The van der Waals surface area contributed by atoms with Crippen LogP contribution in [0.15, 0.2) is 72.9 Å². The predicted octanol–water partition coefficient (Wildman–Crippen LogP) is 3.49. The number of carbonyl (C=O) groups excluding carboxylic acids is 3. The lowest BCUT2D eigenvalue weighted by Crippen LogP contribution is -2.59. The van der Waals surface area contributed by atoms with Gasteiger partial charge in [0.1, 0.15) is 11.8 Å². The fraction of sp³-hybridized carbons (Fsp3) is 0.333. The van der Waals surface area contributed by atoms with Gasteiger partial charge in [0, 0.05) is 43.3 Å². The molecule has 3 amide bonds. The summed E-state index contributed by atoms with van der Waals surface area (Å²) >= 11 is 0. The van der Waals surface area contributed by atoms with Crippen LogP contribution in [-0.4, -0.2) is 64.0 Å². The summed E-state index contributed by atoms with van der Waals surface area (Å²) in [4.78, 5) is 48.0. The summed E-state index contributed by atoms with van der Waals surface area (Å²) in [5, 5.41) is 2.92. The molecule has 2 saturated heterocycles. The molecule has 0 bridgehead atoms. The minimum Gasteiger partial charge on any atom is -0.353 e. The summed E-state index contributed by atoms with van der Waals surface area (Å²) in [7, 11) is 0. The molecule has 2 aliphatic rings. The number of pyridine rings is 1. The first-order valence-electron chi connectivity index (χ1n) is 12.9. The quantitative estimate of drug-likeness (QED) is 0.565. The number of benzene rings is 2. The molecule has 2 fully saturated rings. The highest BCUT2D eigenvalue weighted by Gasteiger charge is 2.54. The first-order valence-corrected chi connectivity index (χ1v) is 12.9. The van der Waals surface area contributed by atoms with Crippen LogP contribution >= 0.6 is 0 Å². The Morgan fingerprint density at radius 2 is 1.50 bits per heavy atom. The normalized spacial score (nSPS) is 18.4. The van der Waals surface area contributed by atoms with Gasteiger partial charge < -0.3 is 15.0 Å². The van der Waals surface area contributed by atoms with Gasteiger partial charge in [0.05, 0.1) is 18.8 Å². The number of aromatic nitrogens is 1. The Balaban J connectivity index is 1.36. The number of rotatable bonds is 5. The molecule has 1 atom stereocenters. The van der Waals surface area contributed by atoms with E-state index >= 15 is 0 Å². The minimum absolute atomic E-state index is 0.0427. The van der Waals surface area contributed by atoms with E-state index in [2.05, 4.69) is 10.3 Å². The molecule has 2 aliphatic heterocycles. The molecule has 0 aliphatic carbocycles. The van der Waals surface area contributed by atoms with Crippen LogP contribution in [0.1, 0.15) is 50.4 Å². The molecular weight excluding hydrogens is 480 g/mol. The fourth-order valence-electron chi connectivity index (χ4n) is 5.14. The van der Waals surface area contributed by atoms with E-state index in [1.165, 1.54) is 0 Å². The van der Waals surface area contributed by atoms with E-state index in [1.807, 2.05) is 68.4 Å². The summed E-state index contributed by atoms with van der Waals surface area (Å²) in [5.74, 6) is -0.580. The molecule has 5 rings (SSSR count). The van der Waals surface area contributed by atoms with Gasteiger partial charge in [0.25, 0.3) is 11.8 Å². The SMILES string of the molecule is Cc1ccc(C(=O)N2CCC3(CC2)OCC(C(=O)NCc2ccccn2)N3C(=O)c2ccc(C)cc2)cc1. The second-order valence-corrected chi connectivity index (χ2v) is 10.0. The first kappa shape index (κ1) is 25.6. The first-order chi connectivity index (χ1) is 18.4. The molecule has 3 heterocycles. The molecule has 1 unspecified atom stereocenters. The van der Waals surface area contributed by atoms with Crippen molar-refractivity contribution >= 4 is 17.7 Å². The van der Waals surface area contributed by atoms with E-state index in [9.17, 15) is 14.4 Å². The summed E-state index contributed by atoms with van der Waals surface area (Å²) in [6.07, 6.45) is 2.52. The number of likely N-dealkylation sites (tertiary alicyclic amines) is 1.